The second kappa shape index (κ2) is 6.60. The fourth-order valence-corrected chi connectivity index (χ4v) is 4.66. The summed E-state index contributed by atoms with van der Waals surface area (Å²) in [4.78, 5) is 21.1. The summed E-state index contributed by atoms with van der Waals surface area (Å²) in [6.07, 6.45) is 3.77. The van der Waals surface area contributed by atoms with Gasteiger partial charge in [-0.05, 0) is 35.6 Å². The summed E-state index contributed by atoms with van der Waals surface area (Å²) in [6.45, 7) is 7.79. The van der Waals surface area contributed by atoms with Crippen molar-refractivity contribution in [3.05, 3.63) is 65.5 Å². The third-order valence-corrected chi connectivity index (χ3v) is 5.78. The van der Waals surface area contributed by atoms with E-state index in [0.29, 0.717) is 11.8 Å². The molecule has 4 nitrogen and oxygen atoms in total. The van der Waals surface area contributed by atoms with E-state index >= 15 is 0 Å². The van der Waals surface area contributed by atoms with Crippen molar-refractivity contribution < 1.29 is 4.79 Å². The van der Waals surface area contributed by atoms with Crippen molar-refractivity contribution in [2.75, 3.05) is 19.6 Å². The predicted octanol–water partition coefficient (Wildman–Crippen LogP) is 3.04. The van der Waals surface area contributed by atoms with Crippen molar-refractivity contribution in [1.29, 1.82) is 0 Å². The second-order valence-corrected chi connectivity index (χ2v) is 7.45. The molecule has 1 amide bonds. The van der Waals surface area contributed by atoms with Gasteiger partial charge in [-0.2, -0.15) is 0 Å². The molecule has 2 aliphatic heterocycles. The minimum Gasteiger partial charge on any atom is -0.335 e. The summed E-state index contributed by atoms with van der Waals surface area (Å²) in [6, 6.07) is 12.9. The van der Waals surface area contributed by atoms with Crippen molar-refractivity contribution in [1.82, 2.24) is 14.8 Å². The zero-order chi connectivity index (χ0) is 17.4. The number of rotatable bonds is 3. The molecule has 0 N–H and O–H groups in total. The number of nitrogens with zero attached hydrogens (tertiary/aromatic N) is 3. The summed E-state index contributed by atoms with van der Waals surface area (Å²) in [7, 11) is 0. The van der Waals surface area contributed by atoms with E-state index in [1.807, 2.05) is 18.5 Å². The SMILES string of the molecule is CC(=O)N1C[C@H]2CN(Cc3cccnc3)C[C@H]2[C@@H]1c1ccccc1C. The zero-order valence-corrected chi connectivity index (χ0v) is 14.9. The highest BCUT2D eigenvalue weighted by molar-refractivity contribution is 5.74. The van der Waals surface area contributed by atoms with Gasteiger partial charge in [-0.25, -0.2) is 0 Å². The third kappa shape index (κ3) is 3.07. The Morgan fingerprint density at radius 2 is 2.00 bits per heavy atom. The Hall–Kier alpha value is -2.20. The highest BCUT2D eigenvalue weighted by Gasteiger charge is 2.48. The van der Waals surface area contributed by atoms with Crippen LogP contribution in [0.5, 0.6) is 0 Å². The average molecular weight is 335 g/mol. The number of fused-ring (bicyclic) bond motifs is 1. The number of carbonyl (C=O) groups excluding carboxylic acids is 1. The molecule has 3 atom stereocenters. The number of pyridine rings is 1. The van der Waals surface area contributed by atoms with Gasteiger partial charge in [-0.1, -0.05) is 30.3 Å². The number of aromatic nitrogens is 1. The number of hydrogen-bond acceptors (Lipinski definition) is 3. The molecule has 4 rings (SSSR count). The van der Waals surface area contributed by atoms with E-state index in [9.17, 15) is 4.79 Å². The first kappa shape index (κ1) is 16.3. The maximum Gasteiger partial charge on any atom is 0.219 e. The van der Waals surface area contributed by atoms with Crippen LogP contribution < -0.4 is 0 Å². The summed E-state index contributed by atoms with van der Waals surface area (Å²) >= 11 is 0. The maximum atomic E-state index is 12.2. The smallest absolute Gasteiger partial charge is 0.219 e. The summed E-state index contributed by atoms with van der Waals surface area (Å²) in [5, 5.41) is 0. The van der Waals surface area contributed by atoms with Crippen LogP contribution in [0.4, 0.5) is 0 Å². The first-order valence-electron chi connectivity index (χ1n) is 9.07. The molecule has 0 bridgehead atoms. The van der Waals surface area contributed by atoms with Gasteiger partial charge < -0.3 is 4.90 Å². The number of hydrogen-bond donors (Lipinski definition) is 0. The molecule has 2 aliphatic rings. The molecule has 0 spiro atoms. The van der Waals surface area contributed by atoms with Crippen molar-refractivity contribution in [3.63, 3.8) is 0 Å². The highest BCUT2D eigenvalue weighted by atomic mass is 16.2. The lowest BCUT2D eigenvalue weighted by Crippen LogP contribution is -2.34. The average Bonchev–Trinajstić information content (AvgIpc) is 3.14. The molecule has 2 fully saturated rings. The van der Waals surface area contributed by atoms with Crippen molar-refractivity contribution in [3.8, 4) is 0 Å². The minimum atomic E-state index is 0.196. The summed E-state index contributed by atoms with van der Waals surface area (Å²) in [5.41, 5.74) is 3.86. The number of aryl methyl sites for hydroxylation is 1. The van der Waals surface area contributed by atoms with Gasteiger partial charge in [0, 0.05) is 51.4 Å². The molecule has 0 unspecified atom stereocenters. The van der Waals surface area contributed by atoms with Crippen LogP contribution in [0, 0.1) is 18.8 Å². The van der Waals surface area contributed by atoms with Crippen LogP contribution in [-0.2, 0) is 11.3 Å². The Labute approximate surface area is 149 Å². The largest absolute Gasteiger partial charge is 0.335 e. The van der Waals surface area contributed by atoms with E-state index in [1.165, 1.54) is 16.7 Å². The molecule has 2 saturated heterocycles. The fourth-order valence-electron chi connectivity index (χ4n) is 4.66. The van der Waals surface area contributed by atoms with Gasteiger partial charge in [0.1, 0.15) is 0 Å². The van der Waals surface area contributed by atoms with Crippen LogP contribution in [0.1, 0.15) is 29.7 Å². The van der Waals surface area contributed by atoms with Gasteiger partial charge in [0.2, 0.25) is 5.91 Å². The van der Waals surface area contributed by atoms with Crippen molar-refractivity contribution in [2.45, 2.75) is 26.4 Å². The van der Waals surface area contributed by atoms with E-state index in [2.05, 4.69) is 52.0 Å². The van der Waals surface area contributed by atoms with E-state index in [1.54, 1.807) is 6.92 Å². The van der Waals surface area contributed by atoms with Gasteiger partial charge in [0.15, 0.2) is 0 Å². The van der Waals surface area contributed by atoms with E-state index in [4.69, 9.17) is 0 Å². The number of likely N-dealkylation sites (tertiary alicyclic amines) is 2. The zero-order valence-electron chi connectivity index (χ0n) is 14.9. The molecule has 1 aromatic heterocycles. The van der Waals surface area contributed by atoms with Gasteiger partial charge in [0.05, 0.1) is 6.04 Å². The highest BCUT2D eigenvalue weighted by Crippen LogP contribution is 2.45. The lowest BCUT2D eigenvalue weighted by Gasteiger charge is -2.30. The minimum absolute atomic E-state index is 0.196. The van der Waals surface area contributed by atoms with E-state index < -0.39 is 0 Å². The van der Waals surface area contributed by atoms with Crippen molar-refractivity contribution in [2.24, 2.45) is 11.8 Å². The second-order valence-electron chi connectivity index (χ2n) is 7.45. The standard InChI is InChI=1S/C21H25N3O/c1-15-6-3-4-8-19(15)21-20-14-23(11-17-7-5-9-22-10-17)12-18(20)13-24(21)16(2)25/h3-10,18,20-21H,11-14H2,1-2H3/t18-,20-,21+/m1/s1. The number of carbonyl (C=O) groups is 1. The van der Waals surface area contributed by atoms with E-state index in [-0.39, 0.29) is 11.9 Å². The Morgan fingerprint density at radius 1 is 1.16 bits per heavy atom. The molecule has 130 valence electrons. The molecule has 0 saturated carbocycles. The molecule has 3 heterocycles. The lowest BCUT2D eigenvalue weighted by molar-refractivity contribution is -0.130. The molecular weight excluding hydrogens is 310 g/mol. The van der Waals surface area contributed by atoms with Crippen LogP contribution in [-0.4, -0.2) is 40.3 Å². The summed E-state index contributed by atoms with van der Waals surface area (Å²) in [5.74, 6) is 1.27. The van der Waals surface area contributed by atoms with Crippen LogP contribution in [0.25, 0.3) is 0 Å². The Bertz CT molecular complexity index is 761. The molecule has 1 aromatic carbocycles. The number of benzene rings is 1. The molecule has 2 aromatic rings. The first-order valence-corrected chi connectivity index (χ1v) is 9.07. The number of amides is 1. The maximum absolute atomic E-state index is 12.2. The predicted molar refractivity (Wildman–Crippen MR) is 97.8 cm³/mol. The van der Waals surface area contributed by atoms with Crippen LogP contribution in [0.3, 0.4) is 0 Å². The third-order valence-electron chi connectivity index (χ3n) is 5.78. The van der Waals surface area contributed by atoms with E-state index in [0.717, 1.165) is 26.2 Å². The topological polar surface area (TPSA) is 36.4 Å². The van der Waals surface area contributed by atoms with Crippen LogP contribution in [0.15, 0.2) is 48.8 Å². The Balaban J connectivity index is 1.57. The van der Waals surface area contributed by atoms with Gasteiger partial charge in [0.25, 0.3) is 0 Å². The molecule has 0 radical (unpaired) electrons. The quantitative estimate of drug-likeness (QED) is 0.865. The normalized spacial score (nSPS) is 26.0. The fraction of sp³-hybridized carbons (Fsp3) is 0.429. The van der Waals surface area contributed by atoms with Crippen molar-refractivity contribution >= 4 is 5.91 Å². The van der Waals surface area contributed by atoms with Crippen LogP contribution >= 0.6 is 0 Å². The van der Waals surface area contributed by atoms with Crippen LogP contribution in [0.2, 0.25) is 0 Å². The Kier molecular flexibility index (Phi) is 4.30. The molecule has 0 aliphatic carbocycles. The van der Waals surface area contributed by atoms with Gasteiger partial charge in [-0.3, -0.25) is 14.7 Å². The monoisotopic (exact) mass is 335 g/mol. The first-order chi connectivity index (χ1) is 12.1. The van der Waals surface area contributed by atoms with Gasteiger partial charge in [-0.15, -0.1) is 0 Å². The molecule has 25 heavy (non-hydrogen) atoms. The van der Waals surface area contributed by atoms with Gasteiger partial charge >= 0.3 is 0 Å². The molecular formula is C21H25N3O. The summed E-state index contributed by atoms with van der Waals surface area (Å²) < 4.78 is 0. The lowest BCUT2D eigenvalue weighted by atomic mass is 9.87. The molecule has 4 heteroatoms. The Morgan fingerprint density at radius 3 is 2.72 bits per heavy atom.